The molecule has 0 aliphatic rings. The molecule has 0 spiro atoms. The maximum atomic E-state index is 5.37. The molecular formula is C17H20BrNO. The number of halogens is 1. The van der Waals surface area contributed by atoms with E-state index in [9.17, 15) is 0 Å². The predicted molar refractivity (Wildman–Crippen MR) is 87.3 cm³/mol. The van der Waals surface area contributed by atoms with Crippen LogP contribution in [0.2, 0.25) is 0 Å². The van der Waals surface area contributed by atoms with Crippen LogP contribution in [0.1, 0.15) is 16.7 Å². The van der Waals surface area contributed by atoms with Crippen molar-refractivity contribution in [2.45, 2.75) is 19.9 Å². The van der Waals surface area contributed by atoms with Crippen LogP contribution in [0, 0.1) is 6.92 Å². The Morgan fingerprint density at radius 2 is 1.90 bits per heavy atom. The lowest BCUT2D eigenvalue weighted by Crippen LogP contribution is -2.17. The van der Waals surface area contributed by atoms with E-state index in [0.29, 0.717) is 0 Å². The molecule has 20 heavy (non-hydrogen) atoms. The number of hydrogen-bond acceptors (Lipinski definition) is 2. The van der Waals surface area contributed by atoms with Crippen LogP contribution >= 0.6 is 15.9 Å². The molecule has 0 amide bonds. The minimum absolute atomic E-state index is 0.814. The van der Waals surface area contributed by atoms with E-state index in [-0.39, 0.29) is 0 Å². The van der Waals surface area contributed by atoms with Gasteiger partial charge in [0, 0.05) is 16.6 Å². The monoisotopic (exact) mass is 333 g/mol. The van der Waals surface area contributed by atoms with E-state index in [2.05, 4.69) is 58.5 Å². The van der Waals surface area contributed by atoms with Crippen molar-refractivity contribution in [1.82, 2.24) is 5.32 Å². The summed E-state index contributed by atoms with van der Waals surface area (Å²) in [5.74, 6) is 0.927. The van der Waals surface area contributed by atoms with Crippen molar-refractivity contribution in [2.24, 2.45) is 0 Å². The maximum absolute atomic E-state index is 5.37. The molecule has 0 heterocycles. The van der Waals surface area contributed by atoms with E-state index in [0.717, 1.165) is 29.7 Å². The fourth-order valence-electron chi connectivity index (χ4n) is 2.22. The van der Waals surface area contributed by atoms with Gasteiger partial charge in [-0.2, -0.15) is 0 Å². The van der Waals surface area contributed by atoms with Crippen molar-refractivity contribution < 1.29 is 4.74 Å². The molecule has 2 rings (SSSR count). The number of ether oxygens (including phenoxy) is 1. The van der Waals surface area contributed by atoms with E-state index >= 15 is 0 Å². The van der Waals surface area contributed by atoms with Gasteiger partial charge in [-0.05, 0) is 49.2 Å². The Kier molecular flexibility index (Phi) is 5.62. The second-order valence-corrected chi connectivity index (χ2v) is 5.73. The van der Waals surface area contributed by atoms with Crippen molar-refractivity contribution >= 4 is 15.9 Å². The van der Waals surface area contributed by atoms with Gasteiger partial charge >= 0.3 is 0 Å². The van der Waals surface area contributed by atoms with Crippen molar-refractivity contribution in [2.75, 3.05) is 13.7 Å². The van der Waals surface area contributed by atoms with Crippen LogP contribution in [0.5, 0.6) is 5.75 Å². The zero-order valence-corrected chi connectivity index (χ0v) is 13.5. The molecule has 1 N–H and O–H groups in total. The largest absolute Gasteiger partial charge is 0.496 e. The first kappa shape index (κ1) is 15.1. The second kappa shape index (κ2) is 7.46. The molecule has 0 saturated heterocycles. The van der Waals surface area contributed by atoms with Crippen LogP contribution in [0.4, 0.5) is 0 Å². The molecule has 0 aliphatic carbocycles. The molecule has 0 atom stereocenters. The Labute approximate surface area is 129 Å². The van der Waals surface area contributed by atoms with Crippen LogP contribution in [-0.2, 0) is 13.0 Å². The summed E-state index contributed by atoms with van der Waals surface area (Å²) in [5, 5.41) is 3.48. The van der Waals surface area contributed by atoms with Crippen LogP contribution in [-0.4, -0.2) is 13.7 Å². The highest BCUT2D eigenvalue weighted by Crippen LogP contribution is 2.22. The summed E-state index contributed by atoms with van der Waals surface area (Å²) in [7, 11) is 1.71. The third kappa shape index (κ3) is 4.09. The fraction of sp³-hybridized carbons (Fsp3) is 0.294. The zero-order chi connectivity index (χ0) is 14.4. The Balaban J connectivity index is 1.87. The van der Waals surface area contributed by atoms with Crippen molar-refractivity contribution in [3.8, 4) is 5.75 Å². The average Bonchev–Trinajstić information content (AvgIpc) is 2.45. The topological polar surface area (TPSA) is 21.3 Å². The van der Waals surface area contributed by atoms with Gasteiger partial charge in [-0.3, -0.25) is 0 Å². The smallest absolute Gasteiger partial charge is 0.123 e. The third-order valence-electron chi connectivity index (χ3n) is 3.39. The van der Waals surface area contributed by atoms with Gasteiger partial charge in [-0.25, -0.2) is 0 Å². The van der Waals surface area contributed by atoms with Gasteiger partial charge in [-0.15, -0.1) is 0 Å². The van der Waals surface area contributed by atoms with Gasteiger partial charge in [0.15, 0.2) is 0 Å². The first-order valence-electron chi connectivity index (χ1n) is 6.78. The Hall–Kier alpha value is -1.32. The van der Waals surface area contributed by atoms with Crippen molar-refractivity contribution in [1.29, 1.82) is 0 Å². The summed E-state index contributed by atoms with van der Waals surface area (Å²) in [6.45, 7) is 3.93. The third-order valence-corrected chi connectivity index (χ3v) is 3.88. The Bertz CT molecular complexity index is 569. The van der Waals surface area contributed by atoms with Crippen LogP contribution in [0.15, 0.2) is 46.9 Å². The van der Waals surface area contributed by atoms with Gasteiger partial charge in [0.05, 0.1) is 7.11 Å². The zero-order valence-electron chi connectivity index (χ0n) is 11.9. The summed E-state index contributed by atoms with van der Waals surface area (Å²) in [5.41, 5.74) is 3.93. The molecule has 0 fully saturated rings. The summed E-state index contributed by atoms with van der Waals surface area (Å²) in [6.07, 6.45) is 1.04. The highest BCUT2D eigenvalue weighted by atomic mass is 79.9. The first-order valence-corrected chi connectivity index (χ1v) is 7.57. The Morgan fingerprint density at radius 1 is 1.10 bits per heavy atom. The number of rotatable bonds is 6. The summed E-state index contributed by atoms with van der Waals surface area (Å²) < 4.78 is 6.45. The molecule has 0 aromatic heterocycles. The van der Waals surface area contributed by atoms with Crippen molar-refractivity contribution in [3.05, 3.63) is 63.6 Å². The van der Waals surface area contributed by atoms with Crippen molar-refractivity contribution in [3.63, 3.8) is 0 Å². The first-order chi connectivity index (χ1) is 9.70. The number of methoxy groups -OCH3 is 1. The lowest BCUT2D eigenvalue weighted by atomic mass is 10.1. The number of hydrogen-bond donors (Lipinski definition) is 1. The highest BCUT2D eigenvalue weighted by Gasteiger charge is 2.03. The van der Waals surface area contributed by atoms with E-state index in [1.54, 1.807) is 7.11 Å². The quantitative estimate of drug-likeness (QED) is 0.803. The van der Waals surface area contributed by atoms with Crippen LogP contribution in [0.25, 0.3) is 0 Å². The van der Waals surface area contributed by atoms with Gasteiger partial charge in [0.2, 0.25) is 0 Å². The predicted octanol–water partition coefficient (Wildman–Crippen LogP) is 4.10. The van der Waals surface area contributed by atoms with Gasteiger partial charge < -0.3 is 10.1 Å². The van der Waals surface area contributed by atoms with E-state index in [4.69, 9.17) is 4.74 Å². The van der Waals surface area contributed by atoms with Crippen LogP contribution < -0.4 is 10.1 Å². The van der Waals surface area contributed by atoms with E-state index in [1.807, 2.05) is 12.1 Å². The SMILES string of the molecule is COc1ccc(Br)cc1CNCCc1ccccc1C. The molecule has 0 aliphatic heterocycles. The molecule has 2 aromatic rings. The molecule has 2 aromatic carbocycles. The molecule has 2 nitrogen and oxygen atoms in total. The number of nitrogens with one attached hydrogen (secondary N) is 1. The van der Waals surface area contributed by atoms with Gasteiger partial charge in [0.25, 0.3) is 0 Å². The second-order valence-electron chi connectivity index (χ2n) is 4.81. The molecule has 3 heteroatoms. The van der Waals surface area contributed by atoms with E-state index in [1.165, 1.54) is 16.7 Å². The Morgan fingerprint density at radius 3 is 2.65 bits per heavy atom. The molecule has 0 unspecified atom stereocenters. The average molecular weight is 334 g/mol. The molecule has 0 bridgehead atoms. The van der Waals surface area contributed by atoms with Gasteiger partial charge in [0.1, 0.15) is 5.75 Å². The molecule has 0 saturated carbocycles. The minimum Gasteiger partial charge on any atom is -0.496 e. The highest BCUT2D eigenvalue weighted by molar-refractivity contribution is 9.10. The van der Waals surface area contributed by atoms with Crippen LogP contribution in [0.3, 0.4) is 0 Å². The standard InChI is InChI=1S/C17H20BrNO/c1-13-5-3-4-6-14(13)9-10-19-12-15-11-16(18)7-8-17(15)20-2/h3-8,11,19H,9-10,12H2,1-2H3. The lowest BCUT2D eigenvalue weighted by Gasteiger charge is -2.11. The van der Waals surface area contributed by atoms with Gasteiger partial charge in [-0.1, -0.05) is 40.2 Å². The number of aryl methyl sites for hydroxylation is 1. The maximum Gasteiger partial charge on any atom is 0.123 e. The van der Waals surface area contributed by atoms with E-state index < -0.39 is 0 Å². The summed E-state index contributed by atoms with van der Waals surface area (Å²) in [4.78, 5) is 0. The molecule has 0 radical (unpaired) electrons. The lowest BCUT2D eigenvalue weighted by molar-refractivity contribution is 0.407. The summed E-state index contributed by atoms with van der Waals surface area (Å²) >= 11 is 3.50. The minimum atomic E-state index is 0.814. The molecule has 106 valence electrons. The normalized spacial score (nSPS) is 10.6. The fourth-order valence-corrected chi connectivity index (χ4v) is 2.63. The number of benzene rings is 2. The summed E-state index contributed by atoms with van der Waals surface area (Å²) in [6, 6.07) is 14.6. The molecular weight excluding hydrogens is 314 g/mol.